The van der Waals surface area contributed by atoms with E-state index >= 15 is 0 Å². The van der Waals surface area contributed by atoms with E-state index in [0.29, 0.717) is 11.1 Å². The van der Waals surface area contributed by atoms with Crippen LogP contribution >= 0.6 is 0 Å². The number of carbonyl (C=O) groups is 1. The molecule has 3 nitrogen and oxygen atoms in total. The fraction of sp³-hybridized carbons (Fsp3) is 0. The Morgan fingerprint density at radius 3 is 0.727 bits per heavy atom. The number of ketones is 1. The summed E-state index contributed by atoms with van der Waals surface area (Å²) in [6, 6.07) is 88.8. The molecule has 0 bridgehead atoms. The van der Waals surface area contributed by atoms with Gasteiger partial charge in [-0.05, 0) is 146 Å². The first-order valence-electron chi connectivity index (χ1n) is 22.3. The molecule has 0 saturated heterocycles. The van der Waals surface area contributed by atoms with Crippen LogP contribution < -0.4 is 9.80 Å². The zero-order valence-electron chi connectivity index (χ0n) is 36.3. The first-order chi connectivity index (χ1) is 32.6. The number of carbonyl (C=O) groups excluding carboxylic acids is 1. The third-order valence-electron chi connectivity index (χ3n) is 12.6. The summed E-state index contributed by atoms with van der Waals surface area (Å²) >= 11 is 0. The Morgan fingerprint density at radius 2 is 0.470 bits per heavy atom. The molecule has 0 atom stereocenters. The minimum atomic E-state index is -0.0116. The Labute approximate surface area is 386 Å². The van der Waals surface area contributed by atoms with Crippen molar-refractivity contribution in [2.24, 2.45) is 0 Å². The molecule has 312 valence electrons. The van der Waals surface area contributed by atoms with E-state index in [4.69, 9.17) is 6.58 Å². The molecule has 66 heavy (non-hydrogen) atoms. The van der Waals surface area contributed by atoms with Gasteiger partial charge in [-0.25, -0.2) is 0 Å². The molecule has 0 amide bonds. The number of fused-ring (bicyclic) bond motifs is 2. The highest BCUT2D eigenvalue weighted by Crippen LogP contribution is 2.44. The van der Waals surface area contributed by atoms with Gasteiger partial charge in [0.25, 0.3) is 0 Å². The molecule has 0 aromatic heterocycles. The highest BCUT2D eigenvalue weighted by molar-refractivity contribution is 6.19. The van der Waals surface area contributed by atoms with Crippen molar-refractivity contribution in [3.63, 3.8) is 0 Å². The third kappa shape index (κ3) is 7.69. The number of benzene rings is 10. The van der Waals surface area contributed by atoms with E-state index < -0.39 is 0 Å². The molecular formula is C63H44N2O. The van der Waals surface area contributed by atoms with Gasteiger partial charge in [0, 0.05) is 45.3 Å². The number of nitrogens with zero attached hydrogens (tertiary/aromatic N) is 2. The molecule has 11 rings (SSSR count). The summed E-state index contributed by atoms with van der Waals surface area (Å²) in [4.78, 5) is 19.0. The third-order valence-corrected chi connectivity index (χ3v) is 12.6. The second kappa shape index (κ2) is 17.4. The standard InChI is InChI=1S/C63H44N2O/c1-44-61-42-57(64(53-30-22-49(23-31-53)45-14-6-2-7-15-45)54-32-24-50(25-33-54)46-16-8-3-9-17-46)38-40-59(61)63(66)60-41-39-58(43-62(44)60)65(55-34-26-51(27-35-55)47-18-10-4-11-19-47)56-36-28-52(29-37-56)48-20-12-5-13-21-48/h2-43H,1H2. The van der Waals surface area contributed by atoms with Gasteiger partial charge in [0.1, 0.15) is 0 Å². The predicted octanol–water partition coefficient (Wildman–Crippen LogP) is 16.9. The van der Waals surface area contributed by atoms with Gasteiger partial charge in [0.15, 0.2) is 5.78 Å². The molecule has 0 radical (unpaired) electrons. The fourth-order valence-corrected chi connectivity index (χ4v) is 9.16. The van der Waals surface area contributed by atoms with Crippen molar-refractivity contribution in [2.75, 3.05) is 9.80 Å². The molecule has 1 aliphatic carbocycles. The number of anilines is 6. The smallest absolute Gasteiger partial charge is 0.194 e. The normalized spacial score (nSPS) is 11.7. The van der Waals surface area contributed by atoms with Gasteiger partial charge in [-0.15, -0.1) is 0 Å². The fourth-order valence-electron chi connectivity index (χ4n) is 9.16. The monoisotopic (exact) mass is 844 g/mol. The summed E-state index contributed by atoms with van der Waals surface area (Å²) < 4.78 is 0. The number of hydrogen-bond acceptors (Lipinski definition) is 3. The summed E-state index contributed by atoms with van der Waals surface area (Å²) in [6.45, 7) is 4.71. The van der Waals surface area contributed by atoms with Gasteiger partial charge in [-0.2, -0.15) is 0 Å². The second-order valence-electron chi connectivity index (χ2n) is 16.6. The first kappa shape index (κ1) is 40.0. The Morgan fingerprint density at radius 1 is 0.242 bits per heavy atom. The summed E-state index contributed by atoms with van der Waals surface area (Å²) in [7, 11) is 0. The van der Waals surface area contributed by atoms with Gasteiger partial charge >= 0.3 is 0 Å². The van der Waals surface area contributed by atoms with Crippen LogP contribution in [0.3, 0.4) is 0 Å². The molecule has 0 aliphatic heterocycles. The lowest BCUT2D eigenvalue weighted by atomic mass is 9.81. The SMILES string of the molecule is C=C1c2cc(N(c3ccc(-c4ccccc4)cc3)c3ccc(-c4ccccc4)cc3)ccc2C(=O)c2ccc(N(c3ccc(-c4ccccc4)cc3)c3ccc(-c4ccccc4)cc3)cc21. The van der Waals surface area contributed by atoms with Crippen LogP contribution in [0.1, 0.15) is 27.0 Å². The van der Waals surface area contributed by atoms with Crippen LogP contribution in [0.4, 0.5) is 34.1 Å². The molecule has 3 heteroatoms. The Kier molecular flexibility index (Phi) is 10.6. The number of hydrogen-bond donors (Lipinski definition) is 0. The van der Waals surface area contributed by atoms with E-state index in [1.807, 2.05) is 36.4 Å². The van der Waals surface area contributed by atoms with Crippen LogP contribution in [0.25, 0.3) is 50.1 Å². The number of rotatable bonds is 10. The zero-order valence-corrected chi connectivity index (χ0v) is 36.3. The summed E-state index contributed by atoms with van der Waals surface area (Å²) in [5.41, 5.74) is 18.8. The molecule has 0 spiro atoms. The molecular weight excluding hydrogens is 801 g/mol. The van der Waals surface area contributed by atoms with Crippen molar-refractivity contribution < 1.29 is 4.79 Å². The lowest BCUT2D eigenvalue weighted by Crippen LogP contribution is -2.17. The van der Waals surface area contributed by atoms with E-state index in [1.165, 1.54) is 0 Å². The summed E-state index contributed by atoms with van der Waals surface area (Å²) in [6.07, 6.45) is 0. The van der Waals surface area contributed by atoms with Crippen LogP contribution in [0.15, 0.2) is 261 Å². The van der Waals surface area contributed by atoms with Crippen LogP contribution in [0.2, 0.25) is 0 Å². The minimum Gasteiger partial charge on any atom is -0.310 e. The van der Waals surface area contributed by atoms with Gasteiger partial charge in [-0.1, -0.05) is 176 Å². The topological polar surface area (TPSA) is 23.6 Å². The molecule has 1 aliphatic rings. The average molecular weight is 845 g/mol. The van der Waals surface area contributed by atoms with E-state index in [-0.39, 0.29) is 5.78 Å². The molecule has 10 aromatic rings. The van der Waals surface area contributed by atoms with E-state index in [9.17, 15) is 4.79 Å². The van der Waals surface area contributed by atoms with Gasteiger partial charge in [-0.3, -0.25) is 4.79 Å². The molecule has 0 saturated carbocycles. The van der Waals surface area contributed by atoms with E-state index in [2.05, 4.69) is 228 Å². The molecule has 0 unspecified atom stereocenters. The first-order valence-corrected chi connectivity index (χ1v) is 22.3. The van der Waals surface area contributed by atoms with Gasteiger partial charge in [0.05, 0.1) is 0 Å². The lowest BCUT2D eigenvalue weighted by molar-refractivity contribution is 0.103. The van der Waals surface area contributed by atoms with Crippen molar-refractivity contribution in [1.29, 1.82) is 0 Å². The Balaban J connectivity index is 0.985. The second-order valence-corrected chi connectivity index (χ2v) is 16.6. The highest BCUT2D eigenvalue weighted by atomic mass is 16.1. The predicted molar refractivity (Wildman–Crippen MR) is 276 cm³/mol. The lowest BCUT2D eigenvalue weighted by Gasteiger charge is -2.30. The van der Waals surface area contributed by atoms with Crippen LogP contribution in [-0.4, -0.2) is 5.78 Å². The summed E-state index contributed by atoms with van der Waals surface area (Å²) in [5.74, 6) is -0.0116. The maximum Gasteiger partial charge on any atom is 0.194 e. The zero-order chi connectivity index (χ0) is 44.4. The van der Waals surface area contributed by atoms with Crippen molar-refractivity contribution in [1.82, 2.24) is 0 Å². The maximum atomic E-state index is 14.5. The molecule has 10 aromatic carbocycles. The van der Waals surface area contributed by atoms with Crippen LogP contribution in [0, 0.1) is 0 Å². The van der Waals surface area contributed by atoms with Gasteiger partial charge in [0.2, 0.25) is 0 Å². The van der Waals surface area contributed by atoms with Crippen molar-refractivity contribution in [2.45, 2.75) is 0 Å². The maximum absolute atomic E-state index is 14.5. The molecule has 0 N–H and O–H groups in total. The quantitative estimate of drug-likeness (QED) is 0.137. The summed E-state index contributed by atoms with van der Waals surface area (Å²) in [5, 5.41) is 0. The van der Waals surface area contributed by atoms with Crippen molar-refractivity contribution in [3.8, 4) is 44.5 Å². The highest BCUT2D eigenvalue weighted by Gasteiger charge is 2.29. The Bertz CT molecular complexity index is 2940. The minimum absolute atomic E-state index is 0.0116. The molecule has 0 heterocycles. The van der Waals surface area contributed by atoms with Gasteiger partial charge < -0.3 is 9.80 Å². The Hall–Kier alpha value is -8.79. The largest absolute Gasteiger partial charge is 0.310 e. The van der Waals surface area contributed by atoms with E-state index in [0.717, 1.165) is 95.3 Å². The van der Waals surface area contributed by atoms with Crippen LogP contribution in [-0.2, 0) is 0 Å². The molecule has 0 fully saturated rings. The van der Waals surface area contributed by atoms with Crippen molar-refractivity contribution in [3.05, 3.63) is 284 Å². The average Bonchev–Trinajstić information content (AvgIpc) is 3.40. The van der Waals surface area contributed by atoms with Crippen LogP contribution in [0.5, 0.6) is 0 Å². The van der Waals surface area contributed by atoms with Crippen molar-refractivity contribution >= 4 is 45.5 Å². The van der Waals surface area contributed by atoms with E-state index in [1.54, 1.807) is 0 Å².